The van der Waals surface area contributed by atoms with E-state index < -0.39 is 11.8 Å². The average molecular weight is 197 g/mol. The summed E-state index contributed by atoms with van der Waals surface area (Å²) >= 11 is 0. The Morgan fingerprint density at radius 2 is 1.93 bits per heavy atom. The highest BCUT2D eigenvalue weighted by molar-refractivity contribution is 6.03. The molecule has 1 atom stereocenters. The van der Waals surface area contributed by atoms with E-state index in [1.165, 1.54) is 0 Å². The molecule has 0 aliphatic carbocycles. The van der Waals surface area contributed by atoms with Crippen LogP contribution in [0.5, 0.6) is 0 Å². The molecule has 0 unspecified atom stereocenters. The number of carbonyl (C=O) groups is 1. The van der Waals surface area contributed by atoms with Gasteiger partial charge in [0.15, 0.2) is 0 Å². The first-order valence-corrected chi connectivity index (χ1v) is 4.47. The van der Waals surface area contributed by atoms with Crippen molar-refractivity contribution >= 4 is 11.6 Å². The van der Waals surface area contributed by atoms with E-state index >= 15 is 0 Å². The number of benzene rings is 1. The van der Waals surface area contributed by atoms with Gasteiger partial charge in [-0.3, -0.25) is 4.79 Å². The predicted molar refractivity (Wildman–Crippen MR) is 52.5 cm³/mol. The molecule has 1 heterocycles. The number of nitriles is 2. The van der Waals surface area contributed by atoms with E-state index in [0.717, 1.165) is 5.56 Å². The number of fused-ring (bicyclic) bond motifs is 1. The summed E-state index contributed by atoms with van der Waals surface area (Å²) in [6.07, 6.45) is 0. The molecule has 72 valence electrons. The summed E-state index contributed by atoms with van der Waals surface area (Å²) in [5.74, 6) is -1.85. The Morgan fingerprint density at radius 1 is 1.27 bits per heavy atom. The number of hydrogen-bond acceptors (Lipinski definition) is 3. The predicted octanol–water partition coefficient (Wildman–Crippen LogP) is 1.39. The van der Waals surface area contributed by atoms with E-state index in [1.54, 1.807) is 24.3 Å². The van der Waals surface area contributed by atoms with Crippen LogP contribution in [0.15, 0.2) is 24.3 Å². The van der Waals surface area contributed by atoms with E-state index in [0.29, 0.717) is 5.69 Å². The first-order chi connectivity index (χ1) is 7.27. The molecular formula is C11H7N3O. The monoisotopic (exact) mass is 197 g/mol. The second kappa shape index (κ2) is 3.43. The fourth-order valence-corrected chi connectivity index (χ4v) is 1.74. The number of amides is 1. The van der Waals surface area contributed by atoms with E-state index in [2.05, 4.69) is 5.32 Å². The van der Waals surface area contributed by atoms with E-state index in [-0.39, 0.29) is 5.91 Å². The van der Waals surface area contributed by atoms with Crippen molar-refractivity contribution in [2.75, 3.05) is 5.32 Å². The van der Waals surface area contributed by atoms with Gasteiger partial charge in [0.1, 0.15) is 5.92 Å². The minimum atomic E-state index is -0.923. The van der Waals surface area contributed by atoms with Crippen LogP contribution >= 0.6 is 0 Å². The lowest BCUT2D eigenvalue weighted by Gasteiger charge is -2.07. The fraction of sp³-hybridized carbons (Fsp3) is 0.182. The van der Waals surface area contributed by atoms with Crippen molar-refractivity contribution in [3.05, 3.63) is 29.8 Å². The first kappa shape index (κ1) is 9.23. The summed E-state index contributed by atoms with van der Waals surface area (Å²) in [5, 5.41) is 20.2. The zero-order valence-electron chi connectivity index (χ0n) is 7.77. The molecule has 1 aliphatic rings. The zero-order chi connectivity index (χ0) is 10.8. The van der Waals surface area contributed by atoms with Crippen molar-refractivity contribution in [3.8, 4) is 12.1 Å². The SMILES string of the molecule is N#CC(C#N)[C@@H]1C(=O)Nc2ccccc21. The Hall–Kier alpha value is -2.33. The molecule has 15 heavy (non-hydrogen) atoms. The van der Waals surface area contributed by atoms with Crippen LogP contribution in [0, 0.1) is 28.6 Å². The molecule has 0 fully saturated rings. The van der Waals surface area contributed by atoms with Crippen LogP contribution in [0.25, 0.3) is 0 Å². The second-order valence-electron chi connectivity index (χ2n) is 3.29. The normalized spacial score (nSPS) is 17.8. The van der Waals surface area contributed by atoms with Gasteiger partial charge in [-0.05, 0) is 11.6 Å². The first-order valence-electron chi connectivity index (χ1n) is 4.47. The molecule has 4 heteroatoms. The van der Waals surface area contributed by atoms with Gasteiger partial charge in [-0.25, -0.2) is 0 Å². The third kappa shape index (κ3) is 1.33. The minimum absolute atomic E-state index is 0.274. The number of anilines is 1. The number of rotatable bonds is 1. The third-order valence-corrected chi connectivity index (χ3v) is 2.45. The van der Waals surface area contributed by atoms with Gasteiger partial charge in [-0.15, -0.1) is 0 Å². The smallest absolute Gasteiger partial charge is 0.234 e. The van der Waals surface area contributed by atoms with Crippen molar-refractivity contribution in [1.29, 1.82) is 10.5 Å². The Balaban J connectivity index is 2.48. The van der Waals surface area contributed by atoms with Crippen LogP contribution in [-0.4, -0.2) is 5.91 Å². The summed E-state index contributed by atoms with van der Waals surface area (Å²) < 4.78 is 0. The minimum Gasteiger partial charge on any atom is -0.325 e. The summed E-state index contributed by atoms with van der Waals surface area (Å²) in [7, 11) is 0. The van der Waals surface area contributed by atoms with Gasteiger partial charge in [0, 0.05) is 5.69 Å². The molecule has 0 saturated heterocycles. The quantitative estimate of drug-likeness (QED) is 0.738. The molecule has 1 N–H and O–H groups in total. The molecule has 1 aliphatic heterocycles. The molecule has 4 nitrogen and oxygen atoms in total. The molecule has 0 spiro atoms. The van der Waals surface area contributed by atoms with Crippen LogP contribution in [-0.2, 0) is 4.79 Å². The van der Waals surface area contributed by atoms with Crippen molar-refractivity contribution < 1.29 is 4.79 Å². The molecule has 0 saturated carbocycles. The van der Waals surface area contributed by atoms with Gasteiger partial charge < -0.3 is 5.32 Å². The van der Waals surface area contributed by atoms with Crippen molar-refractivity contribution in [2.45, 2.75) is 5.92 Å². The molecular weight excluding hydrogens is 190 g/mol. The van der Waals surface area contributed by atoms with Gasteiger partial charge in [-0.2, -0.15) is 10.5 Å². The van der Waals surface area contributed by atoms with E-state index in [1.807, 2.05) is 12.1 Å². The molecule has 1 aromatic rings. The van der Waals surface area contributed by atoms with Gasteiger partial charge in [0.25, 0.3) is 0 Å². The van der Waals surface area contributed by atoms with Gasteiger partial charge in [-0.1, -0.05) is 18.2 Å². The average Bonchev–Trinajstić information content (AvgIpc) is 2.58. The highest BCUT2D eigenvalue weighted by atomic mass is 16.2. The highest BCUT2D eigenvalue weighted by Crippen LogP contribution is 2.36. The molecule has 0 bridgehead atoms. The summed E-state index contributed by atoms with van der Waals surface area (Å²) in [6.45, 7) is 0. The van der Waals surface area contributed by atoms with Crippen molar-refractivity contribution in [2.24, 2.45) is 5.92 Å². The molecule has 1 amide bonds. The van der Waals surface area contributed by atoms with Gasteiger partial charge in [0.2, 0.25) is 5.91 Å². The van der Waals surface area contributed by atoms with Crippen molar-refractivity contribution in [1.82, 2.24) is 0 Å². The van der Waals surface area contributed by atoms with Gasteiger partial charge in [0.05, 0.1) is 18.1 Å². The third-order valence-electron chi connectivity index (χ3n) is 2.45. The fourth-order valence-electron chi connectivity index (χ4n) is 1.74. The van der Waals surface area contributed by atoms with E-state index in [4.69, 9.17) is 10.5 Å². The van der Waals surface area contributed by atoms with Crippen LogP contribution in [0.2, 0.25) is 0 Å². The molecule has 2 rings (SSSR count). The number of carbonyl (C=O) groups excluding carboxylic acids is 1. The lowest BCUT2D eigenvalue weighted by atomic mass is 9.89. The Labute approximate surface area is 86.7 Å². The zero-order valence-corrected chi connectivity index (χ0v) is 7.77. The second-order valence-corrected chi connectivity index (χ2v) is 3.29. The lowest BCUT2D eigenvalue weighted by molar-refractivity contribution is -0.117. The maximum absolute atomic E-state index is 11.6. The number of hydrogen-bond donors (Lipinski definition) is 1. The number of nitrogens with one attached hydrogen (secondary N) is 1. The maximum atomic E-state index is 11.6. The summed E-state index contributed by atoms with van der Waals surface area (Å²) in [5.41, 5.74) is 1.43. The molecule has 0 radical (unpaired) electrons. The van der Waals surface area contributed by atoms with Crippen LogP contribution in [0.4, 0.5) is 5.69 Å². The number of para-hydroxylation sites is 1. The summed E-state index contributed by atoms with van der Waals surface area (Å²) in [4.78, 5) is 11.6. The topological polar surface area (TPSA) is 76.7 Å². The van der Waals surface area contributed by atoms with Crippen LogP contribution in [0.1, 0.15) is 11.5 Å². The highest BCUT2D eigenvalue weighted by Gasteiger charge is 2.36. The molecule has 1 aromatic carbocycles. The van der Waals surface area contributed by atoms with Crippen molar-refractivity contribution in [3.63, 3.8) is 0 Å². The summed E-state index contributed by atoms with van der Waals surface area (Å²) in [6, 6.07) is 10.8. The Bertz CT molecular complexity index is 481. The Kier molecular flexibility index (Phi) is 2.11. The van der Waals surface area contributed by atoms with Crippen LogP contribution < -0.4 is 5.32 Å². The molecule has 0 aromatic heterocycles. The Morgan fingerprint density at radius 3 is 2.60 bits per heavy atom. The van der Waals surface area contributed by atoms with Gasteiger partial charge >= 0.3 is 0 Å². The maximum Gasteiger partial charge on any atom is 0.234 e. The lowest BCUT2D eigenvalue weighted by Crippen LogP contribution is -2.18. The van der Waals surface area contributed by atoms with E-state index in [9.17, 15) is 4.79 Å². The van der Waals surface area contributed by atoms with Crippen LogP contribution in [0.3, 0.4) is 0 Å². The largest absolute Gasteiger partial charge is 0.325 e. The standard InChI is InChI=1S/C11H7N3O/c12-5-7(6-13)10-8-3-1-2-4-9(8)14-11(10)15/h1-4,7,10H,(H,14,15)/t10-/m0/s1. The number of nitrogens with zero attached hydrogens (tertiary/aromatic N) is 2.